The van der Waals surface area contributed by atoms with Crippen molar-refractivity contribution in [2.75, 3.05) is 7.05 Å². The van der Waals surface area contributed by atoms with Gasteiger partial charge in [-0.15, -0.1) is 0 Å². The van der Waals surface area contributed by atoms with Crippen LogP contribution in [0.25, 0.3) is 0 Å². The Hall–Kier alpha value is -1.62. The highest BCUT2D eigenvalue weighted by atomic mass is 32.1. The molecule has 0 aliphatic carbocycles. The van der Waals surface area contributed by atoms with Crippen LogP contribution in [0.5, 0.6) is 5.75 Å². The molecule has 1 aromatic rings. The largest absolute Gasteiger partial charge is 0.507 e. The SMILES string of the molecule is CNC(=S)N/N=C\c1ccccc1O. The van der Waals surface area contributed by atoms with Gasteiger partial charge in [0, 0.05) is 12.6 Å². The van der Waals surface area contributed by atoms with E-state index in [4.69, 9.17) is 12.2 Å². The smallest absolute Gasteiger partial charge is 0.186 e. The summed E-state index contributed by atoms with van der Waals surface area (Å²) < 4.78 is 0. The number of phenols is 1. The number of thiocarbonyl (C=S) groups is 1. The molecule has 0 aliphatic rings. The first-order valence-electron chi connectivity index (χ1n) is 4.03. The Balaban J connectivity index is 2.60. The molecule has 4 nitrogen and oxygen atoms in total. The standard InChI is InChI=1S/C9H11N3OS/c1-10-9(14)12-11-6-7-4-2-3-5-8(7)13/h2-6,13H,1H3,(H2,10,12,14)/b11-6-. The number of rotatable bonds is 2. The molecule has 14 heavy (non-hydrogen) atoms. The number of benzene rings is 1. The van der Waals surface area contributed by atoms with Gasteiger partial charge < -0.3 is 10.4 Å². The average Bonchev–Trinajstić information content (AvgIpc) is 2.20. The molecule has 1 aromatic carbocycles. The summed E-state index contributed by atoms with van der Waals surface area (Å²) in [7, 11) is 1.70. The summed E-state index contributed by atoms with van der Waals surface area (Å²) in [5.74, 6) is 0.188. The third-order valence-electron chi connectivity index (χ3n) is 1.53. The van der Waals surface area contributed by atoms with Crippen LogP contribution < -0.4 is 10.7 Å². The molecule has 0 heterocycles. The minimum Gasteiger partial charge on any atom is -0.507 e. The summed E-state index contributed by atoms with van der Waals surface area (Å²) in [4.78, 5) is 0. The first-order valence-corrected chi connectivity index (χ1v) is 4.43. The third kappa shape index (κ3) is 3.02. The summed E-state index contributed by atoms with van der Waals surface area (Å²) in [5.41, 5.74) is 3.22. The van der Waals surface area contributed by atoms with Crippen molar-refractivity contribution in [1.29, 1.82) is 0 Å². The van der Waals surface area contributed by atoms with Gasteiger partial charge in [0.05, 0.1) is 6.21 Å². The van der Waals surface area contributed by atoms with Crippen molar-refractivity contribution >= 4 is 23.5 Å². The van der Waals surface area contributed by atoms with Crippen molar-refractivity contribution in [3.05, 3.63) is 29.8 Å². The van der Waals surface area contributed by atoms with Crippen molar-refractivity contribution < 1.29 is 5.11 Å². The second-order valence-corrected chi connectivity index (χ2v) is 2.92. The molecule has 5 heteroatoms. The highest BCUT2D eigenvalue weighted by Crippen LogP contribution is 2.12. The van der Waals surface area contributed by atoms with Crippen molar-refractivity contribution in [1.82, 2.24) is 10.7 Å². The zero-order valence-corrected chi connectivity index (χ0v) is 8.51. The van der Waals surface area contributed by atoms with Gasteiger partial charge in [0.2, 0.25) is 0 Å². The zero-order chi connectivity index (χ0) is 10.4. The first kappa shape index (κ1) is 10.5. The maximum Gasteiger partial charge on any atom is 0.186 e. The van der Waals surface area contributed by atoms with Crippen LogP contribution in [-0.2, 0) is 0 Å². The number of phenolic OH excluding ortho intramolecular Hbond substituents is 1. The minimum absolute atomic E-state index is 0.188. The van der Waals surface area contributed by atoms with Crippen molar-refractivity contribution in [2.24, 2.45) is 5.10 Å². The van der Waals surface area contributed by atoms with E-state index in [2.05, 4.69) is 15.8 Å². The lowest BCUT2D eigenvalue weighted by Gasteiger charge is -2.00. The third-order valence-corrected chi connectivity index (χ3v) is 1.83. The monoisotopic (exact) mass is 209 g/mol. The van der Waals surface area contributed by atoms with E-state index in [1.807, 2.05) is 6.07 Å². The van der Waals surface area contributed by atoms with Gasteiger partial charge in [-0.1, -0.05) is 12.1 Å². The molecule has 0 spiro atoms. The van der Waals surface area contributed by atoms with Crippen LogP contribution in [0, 0.1) is 0 Å². The van der Waals surface area contributed by atoms with E-state index < -0.39 is 0 Å². The Kier molecular flexibility index (Phi) is 3.87. The number of hydrazone groups is 1. The molecule has 0 aliphatic heterocycles. The van der Waals surface area contributed by atoms with Crippen LogP contribution in [-0.4, -0.2) is 23.5 Å². The molecule has 0 radical (unpaired) electrons. The molecule has 3 N–H and O–H groups in total. The van der Waals surface area contributed by atoms with Crippen LogP contribution in [0.1, 0.15) is 5.56 Å². The van der Waals surface area contributed by atoms with E-state index >= 15 is 0 Å². The molecular formula is C9H11N3OS. The Morgan fingerprint density at radius 3 is 2.86 bits per heavy atom. The number of hydrogen-bond acceptors (Lipinski definition) is 3. The lowest BCUT2D eigenvalue weighted by molar-refractivity contribution is 0.474. The van der Waals surface area contributed by atoms with E-state index in [0.29, 0.717) is 10.7 Å². The molecule has 0 aromatic heterocycles. The Labute approximate surface area is 87.6 Å². The molecule has 0 bridgehead atoms. The lowest BCUT2D eigenvalue weighted by atomic mass is 10.2. The Morgan fingerprint density at radius 2 is 2.21 bits per heavy atom. The number of para-hydroxylation sites is 1. The Morgan fingerprint density at radius 1 is 1.50 bits per heavy atom. The maximum atomic E-state index is 9.37. The van der Waals surface area contributed by atoms with Gasteiger partial charge >= 0.3 is 0 Å². The van der Waals surface area contributed by atoms with Crippen molar-refractivity contribution in [2.45, 2.75) is 0 Å². The summed E-state index contributed by atoms with van der Waals surface area (Å²) >= 11 is 4.81. The van der Waals surface area contributed by atoms with Gasteiger partial charge in [0.1, 0.15) is 5.75 Å². The first-order chi connectivity index (χ1) is 6.74. The van der Waals surface area contributed by atoms with E-state index in [9.17, 15) is 5.11 Å². The van der Waals surface area contributed by atoms with Gasteiger partial charge in [-0.05, 0) is 24.4 Å². The van der Waals surface area contributed by atoms with Crippen LogP contribution >= 0.6 is 12.2 Å². The summed E-state index contributed by atoms with van der Waals surface area (Å²) in [6, 6.07) is 6.91. The fraction of sp³-hybridized carbons (Fsp3) is 0.111. The van der Waals surface area contributed by atoms with E-state index in [0.717, 1.165) is 0 Å². The molecule has 0 amide bonds. The summed E-state index contributed by atoms with van der Waals surface area (Å²) in [5, 5.41) is 16.3. The number of hydrogen-bond donors (Lipinski definition) is 3. The van der Waals surface area contributed by atoms with Crippen molar-refractivity contribution in [3.63, 3.8) is 0 Å². The Bertz CT molecular complexity index is 352. The van der Waals surface area contributed by atoms with Gasteiger partial charge in [0.15, 0.2) is 5.11 Å². The molecule has 0 saturated carbocycles. The van der Waals surface area contributed by atoms with Gasteiger partial charge in [-0.3, -0.25) is 5.43 Å². The minimum atomic E-state index is 0.188. The highest BCUT2D eigenvalue weighted by molar-refractivity contribution is 7.80. The van der Waals surface area contributed by atoms with E-state index in [1.54, 1.807) is 25.2 Å². The van der Waals surface area contributed by atoms with Crippen molar-refractivity contribution in [3.8, 4) is 5.75 Å². The zero-order valence-electron chi connectivity index (χ0n) is 7.69. The second-order valence-electron chi connectivity index (χ2n) is 2.51. The number of nitrogens with zero attached hydrogens (tertiary/aromatic N) is 1. The quantitative estimate of drug-likeness (QED) is 0.383. The van der Waals surface area contributed by atoms with Gasteiger partial charge in [0.25, 0.3) is 0 Å². The lowest BCUT2D eigenvalue weighted by Crippen LogP contribution is -2.28. The molecule has 0 unspecified atom stereocenters. The molecule has 0 atom stereocenters. The summed E-state index contributed by atoms with van der Waals surface area (Å²) in [6.45, 7) is 0. The summed E-state index contributed by atoms with van der Waals surface area (Å²) in [6.07, 6.45) is 1.50. The fourth-order valence-corrected chi connectivity index (χ4v) is 0.866. The van der Waals surface area contributed by atoms with Crippen LogP contribution in [0.3, 0.4) is 0 Å². The van der Waals surface area contributed by atoms with Crippen LogP contribution in [0.4, 0.5) is 0 Å². The van der Waals surface area contributed by atoms with Gasteiger partial charge in [-0.2, -0.15) is 5.10 Å². The predicted molar refractivity (Wildman–Crippen MR) is 60.5 cm³/mol. The molecule has 74 valence electrons. The molecular weight excluding hydrogens is 198 g/mol. The van der Waals surface area contributed by atoms with Gasteiger partial charge in [-0.25, -0.2) is 0 Å². The molecule has 1 rings (SSSR count). The predicted octanol–water partition coefficient (Wildman–Crippen LogP) is 0.820. The van der Waals surface area contributed by atoms with Crippen LogP contribution in [0.15, 0.2) is 29.4 Å². The normalized spacial score (nSPS) is 10.1. The topological polar surface area (TPSA) is 56.7 Å². The fourth-order valence-electron chi connectivity index (χ4n) is 0.813. The highest BCUT2D eigenvalue weighted by Gasteiger charge is 1.94. The number of nitrogens with one attached hydrogen (secondary N) is 2. The molecule has 0 fully saturated rings. The molecule has 0 saturated heterocycles. The maximum absolute atomic E-state index is 9.37. The van der Waals surface area contributed by atoms with E-state index in [-0.39, 0.29) is 5.75 Å². The second kappa shape index (κ2) is 5.18. The average molecular weight is 209 g/mol. The number of aromatic hydroxyl groups is 1. The van der Waals surface area contributed by atoms with E-state index in [1.165, 1.54) is 6.21 Å². The van der Waals surface area contributed by atoms with Crippen LogP contribution in [0.2, 0.25) is 0 Å².